The zero-order valence-corrected chi connectivity index (χ0v) is 23.4. The van der Waals surface area contributed by atoms with Crippen LogP contribution in [0.3, 0.4) is 0 Å². The first-order valence-electron chi connectivity index (χ1n) is 13.0. The zero-order chi connectivity index (χ0) is 26.7. The Morgan fingerprint density at radius 2 is 1.78 bits per heavy atom. The molecular formula is C30H44ClN3O2. The SMILES string of the molecule is C=C(CCC(C)NCCC(C)C)C(=C)NC(=O)CC(C1=CC=C(OC(C)C)NC1)c1ccc(Cl)cc1. The molecule has 0 spiro atoms. The molecule has 6 heteroatoms. The van der Waals surface area contributed by atoms with E-state index >= 15 is 0 Å². The highest BCUT2D eigenvalue weighted by atomic mass is 35.5. The van der Waals surface area contributed by atoms with E-state index in [-0.39, 0.29) is 17.9 Å². The molecule has 0 radical (unpaired) electrons. The van der Waals surface area contributed by atoms with Gasteiger partial charge in [-0.05, 0) is 87.4 Å². The van der Waals surface area contributed by atoms with Crippen molar-refractivity contribution in [3.05, 3.63) is 82.9 Å². The number of amides is 1. The lowest BCUT2D eigenvalue weighted by Crippen LogP contribution is -2.30. The van der Waals surface area contributed by atoms with Gasteiger partial charge in [-0.3, -0.25) is 4.79 Å². The summed E-state index contributed by atoms with van der Waals surface area (Å²) in [7, 11) is 0. The molecule has 5 nitrogen and oxygen atoms in total. The third-order valence-corrected chi connectivity index (χ3v) is 6.45. The number of allylic oxidation sites excluding steroid dienone is 3. The Kier molecular flexibility index (Phi) is 12.3. The van der Waals surface area contributed by atoms with Crippen LogP contribution in [-0.4, -0.2) is 31.1 Å². The van der Waals surface area contributed by atoms with Crippen molar-refractivity contribution in [2.45, 2.75) is 78.4 Å². The predicted octanol–water partition coefficient (Wildman–Crippen LogP) is 6.60. The number of hydrogen-bond acceptors (Lipinski definition) is 4. The lowest BCUT2D eigenvalue weighted by atomic mass is 9.86. The molecule has 0 fully saturated rings. The molecule has 1 aliphatic heterocycles. The van der Waals surface area contributed by atoms with E-state index in [0.717, 1.165) is 48.4 Å². The average molecular weight is 514 g/mol. The maximum Gasteiger partial charge on any atom is 0.225 e. The number of hydrogen-bond donors (Lipinski definition) is 3. The quantitative estimate of drug-likeness (QED) is 0.231. The lowest BCUT2D eigenvalue weighted by Gasteiger charge is -2.26. The maximum absolute atomic E-state index is 13.1. The van der Waals surface area contributed by atoms with Crippen LogP contribution in [-0.2, 0) is 9.53 Å². The number of nitrogens with one attached hydrogen (secondary N) is 3. The Morgan fingerprint density at radius 3 is 2.36 bits per heavy atom. The van der Waals surface area contributed by atoms with Gasteiger partial charge in [0.2, 0.25) is 5.91 Å². The summed E-state index contributed by atoms with van der Waals surface area (Å²) in [5.74, 6) is 1.25. The third kappa shape index (κ3) is 10.6. The van der Waals surface area contributed by atoms with Crippen LogP contribution in [0.15, 0.2) is 72.3 Å². The van der Waals surface area contributed by atoms with E-state index in [4.69, 9.17) is 16.3 Å². The van der Waals surface area contributed by atoms with Gasteiger partial charge in [-0.25, -0.2) is 0 Å². The van der Waals surface area contributed by atoms with Crippen LogP contribution in [0.5, 0.6) is 0 Å². The summed E-state index contributed by atoms with van der Waals surface area (Å²) < 4.78 is 5.76. The minimum absolute atomic E-state index is 0.0849. The van der Waals surface area contributed by atoms with Crippen LogP contribution < -0.4 is 16.0 Å². The largest absolute Gasteiger partial charge is 0.476 e. The van der Waals surface area contributed by atoms with E-state index in [1.54, 1.807) is 0 Å². The summed E-state index contributed by atoms with van der Waals surface area (Å²) in [5, 5.41) is 10.5. The number of benzene rings is 1. The zero-order valence-electron chi connectivity index (χ0n) is 22.6. The molecule has 0 aromatic heterocycles. The number of dihydropyridines is 1. The van der Waals surface area contributed by atoms with Gasteiger partial charge in [0.15, 0.2) is 5.88 Å². The number of rotatable bonds is 15. The molecule has 0 bridgehead atoms. The van der Waals surface area contributed by atoms with Crippen molar-refractivity contribution in [1.29, 1.82) is 0 Å². The Labute approximate surface area is 223 Å². The molecule has 1 aromatic rings. The predicted molar refractivity (Wildman–Crippen MR) is 152 cm³/mol. The van der Waals surface area contributed by atoms with E-state index in [0.29, 0.717) is 35.6 Å². The highest BCUT2D eigenvalue weighted by Gasteiger charge is 2.23. The van der Waals surface area contributed by atoms with Gasteiger partial charge in [-0.2, -0.15) is 0 Å². The monoisotopic (exact) mass is 513 g/mol. The molecule has 198 valence electrons. The molecule has 2 unspecified atom stereocenters. The molecule has 2 rings (SSSR count). The van der Waals surface area contributed by atoms with E-state index in [1.165, 1.54) is 0 Å². The average Bonchev–Trinajstić information content (AvgIpc) is 2.81. The van der Waals surface area contributed by atoms with Crippen molar-refractivity contribution >= 4 is 17.5 Å². The van der Waals surface area contributed by atoms with Crippen LogP contribution in [0, 0.1) is 5.92 Å². The maximum atomic E-state index is 13.1. The molecule has 1 heterocycles. The highest BCUT2D eigenvalue weighted by molar-refractivity contribution is 6.30. The van der Waals surface area contributed by atoms with E-state index in [9.17, 15) is 4.79 Å². The summed E-state index contributed by atoms with van der Waals surface area (Å²) in [6.45, 7) is 20.5. The molecular weight excluding hydrogens is 470 g/mol. The molecule has 0 aliphatic carbocycles. The second-order valence-electron chi connectivity index (χ2n) is 10.3. The Bertz CT molecular complexity index is 947. The van der Waals surface area contributed by atoms with Crippen molar-refractivity contribution in [1.82, 2.24) is 16.0 Å². The topological polar surface area (TPSA) is 62.4 Å². The summed E-state index contributed by atoms with van der Waals surface area (Å²) in [5.41, 5.74) is 3.60. The van der Waals surface area contributed by atoms with Gasteiger partial charge in [0.1, 0.15) is 0 Å². The van der Waals surface area contributed by atoms with E-state index in [2.05, 4.69) is 49.9 Å². The second kappa shape index (κ2) is 14.9. The summed E-state index contributed by atoms with van der Waals surface area (Å²) >= 11 is 6.11. The minimum atomic E-state index is -0.0992. The van der Waals surface area contributed by atoms with E-state index in [1.807, 2.05) is 50.3 Å². The molecule has 2 atom stereocenters. The lowest BCUT2D eigenvalue weighted by molar-refractivity contribution is -0.120. The minimum Gasteiger partial charge on any atom is -0.476 e. The smallest absolute Gasteiger partial charge is 0.225 e. The van der Waals surface area contributed by atoms with Gasteiger partial charge in [-0.15, -0.1) is 0 Å². The second-order valence-corrected chi connectivity index (χ2v) is 10.7. The molecule has 1 aliphatic rings. The van der Waals surface area contributed by atoms with Gasteiger partial charge in [0.25, 0.3) is 0 Å². The van der Waals surface area contributed by atoms with Gasteiger partial charge in [0, 0.05) is 35.6 Å². The van der Waals surface area contributed by atoms with Crippen LogP contribution in [0.4, 0.5) is 0 Å². The van der Waals surface area contributed by atoms with E-state index < -0.39 is 0 Å². The number of ether oxygens (including phenoxy) is 1. The Hall–Kier alpha value is -2.50. The Balaban J connectivity index is 1.98. The first-order valence-corrected chi connectivity index (χ1v) is 13.4. The van der Waals surface area contributed by atoms with Gasteiger partial charge in [0.05, 0.1) is 6.10 Å². The fourth-order valence-corrected chi connectivity index (χ4v) is 4.10. The van der Waals surface area contributed by atoms with Gasteiger partial charge >= 0.3 is 0 Å². The molecule has 1 aromatic carbocycles. The highest BCUT2D eigenvalue weighted by Crippen LogP contribution is 2.30. The summed E-state index contributed by atoms with van der Waals surface area (Å²) in [6.07, 6.45) is 7.26. The van der Waals surface area contributed by atoms with Crippen LogP contribution in [0.1, 0.15) is 71.8 Å². The Morgan fingerprint density at radius 1 is 1.08 bits per heavy atom. The normalized spacial score (nSPS) is 15.0. The first-order chi connectivity index (χ1) is 17.0. The van der Waals surface area contributed by atoms with Crippen molar-refractivity contribution in [2.24, 2.45) is 5.92 Å². The number of carbonyl (C=O) groups is 1. The van der Waals surface area contributed by atoms with Crippen molar-refractivity contribution < 1.29 is 9.53 Å². The van der Waals surface area contributed by atoms with Gasteiger partial charge in [-0.1, -0.05) is 56.8 Å². The molecule has 0 saturated carbocycles. The first kappa shape index (κ1) is 29.7. The van der Waals surface area contributed by atoms with Crippen LogP contribution in [0.25, 0.3) is 0 Å². The molecule has 1 amide bonds. The molecule has 36 heavy (non-hydrogen) atoms. The van der Waals surface area contributed by atoms with Crippen LogP contribution >= 0.6 is 11.6 Å². The van der Waals surface area contributed by atoms with Crippen LogP contribution in [0.2, 0.25) is 5.02 Å². The third-order valence-electron chi connectivity index (χ3n) is 6.20. The fraction of sp³-hybridized carbons (Fsp3) is 0.500. The van der Waals surface area contributed by atoms with Gasteiger partial charge < -0.3 is 20.7 Å². The summed E-state index contributed by atoms with van der Waals surface area (Å²) in [4.78, 5) is 13.1. The van der Waals surface area contributed by atoms with Crippen molar-refractivity contribution in [3.63, 3.8) is 0 Å². The van der Waals surface area contributed by atoms with Crippen molar-refractivity contribution in [2.75, 3.05) is 13.1 Å². The molecule has 3 N–H and O–H groups in total. The summed E-state index contributed by atoms with van der Waals surface area (Å²) in [6, 6.07) is 8.07. The standard InChI is InChI=1S/C30H44ClN3O2/c1-20(2)16-17-32-23(6)9-8-22(5)24(7)34-29(35)18-28(25-10-13-27(31)14-11-25)26-12-15-30(33-19-26)36-21(3)4/h10-15,20-21,23,28,32-33H,5,7-9,16-19H2,1-4,6H3,(H,34,35). The number of carbonyl (C=O) groups excluding carboxylic acids is 1. The number of halogens is 1. The molecule has 0 saturated heterocycles. The fourth-order valence-electron chi connectivity index (χ4n) is 3.98. The van der Waals surface area contributed by atoms with Crippen molar-refractivity contribution in [3.8, 4) is 0 Å².